The van der Waals surface area contributed by atoms with Crippen LogP contribution in [-0.4, -0.2) is 31.1 Å². The van der Waals surface area contributed by atoms with E-state index >= 15 is 0 Å². The predicted octanol–water partition coefficient (Wildman–Crippen LogP) is -0.843. The Balaban J connectivity index is 1.83. The zero-order valence-corrected chi connectivity index (χ0v) is 8.13. The minimum absolute atomic E-state index is 0.0747. The number of carbonyl (C=O) groups excluding carboxylic acids is 2. The van der Waals surface area contributed by atoms with E-state index in [-0.39, 0.29) is 29.4 Å². The first-order valence-corrected chi connectivity index (χ1v) is 4.62. The fourth-order valence-corrected chi connectivity index (χ4v) is 2.64. The SMILES string of the molecule is COCC(=O)NC12CC(C(N)=O)(C1)C2. The third kappa shape index (κ3) is 1.12. The summed E-state index contributed by atoms with van der Waals surface area (Å²) in [6.07, 6.45) is 2.10. The average molecular weight is 198 g/mol. The van der Waals surface area contributed by atoms with Crippen LogP contribution in [0, 0.1) is 5.41 Å². The molecule has 14 heavy (non-hydrogen) atoms. The van der Waals surface area contributed by atoms with Gasteiger partial charge in [-0.3, -0.25) is 9.59 Å². The molecule has 3 rings (SSSR count). The fraction of sp³-hybridized carbons (Fsp3) is 0.778. The van der Waals surface area contributed by atoms with Crippen LogP contribution in [0.15, 0.2) is 0 Å². The van der Waals surface area contributed by atoms with Gasteiger partial charge in [0.25, 0.3) is 0 Å². The summed E-state index contributed by atoms with van der Waals surface area (Å²) in [6, 6.07) is 0. The summed E-state index contributed by atoms with van der Waals surface area (Å²) in [5.74, 6) is -0.356. The summed E-state index contributed by atoms with van der Waals surface area (Å²) < 4.78 is 4.70. The van der Waals surface area contributed by atoms with Crippen molar-refractivity contribution in [3.8, 4) is 0 Å². The second-order valence-corrected chi connectivity index (χ2v) is 4.44. The number of amides is 2. The summed E-state index contributed by atoms with van der Waals surface area (Å²) in [4.78, 5) is 22.2. The number of primary amides is 1. The van der Waals surface area contributed by atoms with E-state index in [2.05, 4.69) is 5.32 Å². The summed E-state index contributed by atoms with van der Waals surface area (Å²) in [6.45, 7) is 0.0747. The minimum atomic E-state index is -0.305. The maximum Gasteiger partial charge on any atom is 0.246 e. The van der Waals surface area contributed by atoms with Gasteiger partial charge in [0.15, 0.2) is 0 Å². The van der Waals surface area contributed by atoms with Crippen molar-refractivity contribution in [1.29, 1.82) is 0 Å². The third-order valence-electron chi connectivity index (χ3n) is 3.23. The van der Waals surface area contributed by atoms with Gasteiger partial charge in [0.05, 0.1) is 5.41 Å². The Morgan fingerprint density at radius 2 is 2.00 bits per heavy atom. The Bertz CT molecular complexity index is 281. The molecule has 2 amide bonds. The third-order valence-corrected chi connectivity index (χ3v) is 3.23. The summed E-state index contributed by atoms with van der Waals surface area (Å²) in [5.41, 5.74) is 4.79. The fourth-order valence-electron chi connectivity index (χ4n) is 2.64. The maximum atomic E-state index is 11.2. The summed E-state index contributed by atoms with van der Waals surface area (Å²) in [7, 11) is 1.48. The standard InChI is InChI=1S/C9H14N2O3/c1-14-2-6(12)11-9-3-8(4-9,5-9)7(10)13/h2-5H2,1H3,(H2,10,13)(H,11,12). The average Bonchev–Trinajstić information content (AvgIpc) is 1.93. The first-order chi connectivity index (χ1) is 6.52. The van der Waals surface area contributed by atoms with Gasteiger partial charge in [-0.1, -0.05) is 0 Å². The first kappa shape index (κ1) is 9.45. The molecule has 78 valence electrons. The van der Waals surface area contributed by atoms with E-state index < -0.39 is 0 Å². The van der Waals surface area contributed by atoms with Crippen LogP contribution in [0.3, 0.4) is 0 Å². The molecular formula is C9H14N2O3. The van der Waals surface area contributed by atoms with Crippen molar-refractivity contribution in [3.63, 3.8) is 0 Å². The second kappa shape index (κ2) is 2.70. The number of nitrogens with one attached hydrogen (secondary N) is 1. The Hall–Kier alpha value is -1.10. The van der Waals surface area contributed by atoms with Gasteiger partial charge in [0.1, 0.15) is 6.61 Å². The van der Waals surface area contributed by atoms with Crippen molar-refractivity contribution in [2.45, 2.75) is 24.8 Å². The van der Waals surface area contributed by atoms with Gasteiger partial charge in [-0.05, 0) is 19.3 Å². The van der Waals surface area contributed by atoms with E-state index in [1.165, 1.54) is 7.11 Å². The predicted molar refractivity (Wildman–Crippen MR) is 48.2 cm³/mol. The van der Waals surface area contributed by atoms with Crippen LogP contribution in [0.5, 0.6) is 0 Å². The molecule has 0 heterocycles. The number of rotatable bonds is 4. The Morgan fingerprint density at radius 3 is 2.43 bits per heavy atom. The lowest BCUT2D eigenvalue weighted by atomic mass is 9.39. The molecule has 5 nitrogen and oxygen atoms in total. The molecule has 0 aromatic carbocycles. The van der Waals surface area contributed by atoms with Crippen LogP contribution in [0.1, 0.15) is 19.3 Å². The number of nitrogens with two attached hydrogens (primary N) is 1. The van der Waals surface area contributed by atoms with Crippen LogP contribution in [0.2, 0.25) is 0 Å². The van der Waals surface area contributed by atoms with Crippen molar-refractivity contribution < 1.29 is 14.3 Å². The van der Waals surface area contributed by atoms with Gasteiger partial charge >= 0.3 is 0 Å². The molecule has 2 bridgehead atoms. The molecular weight excluding hydrogens is 184 g/mol. The van der Waals surface area contributed by atoms with Gasteiger partial charge in [0, 0.05) is 12.6 Å². The molecule has 3 N–H and O–H groups in total. The highest BCUT2D eigenvalue weighted by Gasteiger charge is 2.71. The van der Waals surface area contributed by atoms with E-state index in [4.69, 9.17) is 10.5 Å². The summed E-state index contributed by atoms with van der Waals surface area (Å²) in [5, 5.41) is 2.87. The van der Waals surface area contributed by atoms with Gasteiger partial charge < -0.3 is 15.8 Å². The van der Waals surface area contributed by atoms with Crippen molar-refractivity contribution in [2.24, 2.45) is 11.1 Å². The lowest BCUT2D eigenvalue weighted by Crippen LogP contribution is -2.78. The van der Waals surface area contributed by atoms with E-state index in [1.54, 1.807) is 0 Å². The van der Waals surface area contributed by atoms with E-state index in [9.17, 15) is 9.59 Å². The molecule has 3 aliphatic carbocycles. The highest BCUT2D eigenvalue weighted by Crippen LogP contribution is 2.66. The maximum absolute atomic E-state index is 11.2. The Morgan fingerprint density at radius 1 is 1.43 bits per heavy atom. The second-order valence-electron chi connectivity index (χ2n) is 4.44. The molecule has 0 spiro atoms. The number of ether oxygens (including phenoxy) is 1. The molecule has 0 unspecified atom stereocenters. The number of carbonyl (C=O) groups is 2. The Kier molecular flexibility index (Phi) is 1.82. The first-order valence-electron chi connectivity index (χ1n) is 4.62. The highest BCUT2D eigenvalue weighted by molar-refractivity contribution is 5.87. The molecule has 0 saturated heterocycles. The minimum Gasteiger partial charge on any atom is -0.375 e. The molecule has 0 radical (unpaired) electrons. The van der Waals surface area contributed by atoms with Crippen molar-refractivity contribution in [1.82, 2.24) is 5.32 Å². The molecule has 3 fully saturated rings. The molecule has 0 atom stereocenters. The smallest absolute Gasteiger partial charge is 0.246 e. The van der Waals surface area contributed by atoms with E-state index in [1.807, 2.05) is 0 Å². The van der Waals surface area contributed by atoms with Crippen LogP contribution in [-0.2, 0) is 14.3 Å². The van der Waals surface area contributed by atoms with E-state index in [0.29, 0.717) is 19.3 Å². The van der Waals surface area contributed by atoms with Crippen LogP contribution in [0.25, 0.3) is 0 Å². The topological polar surface area (TPSA) is 81.4 Å². The zero-order valence-electron chi connectivity index (χ0n) is 8.13. The molecule has 0 aliphatic heterocycles. The van der Waals surface area contributed by atoms with Crippen LogP contribution >= 0.6 is 0 Å². The zero-order chi connectivity index (χ0) is 10.4. The number of hydrogen-bond acceptors (Lipinski definition) is 3. The molecule has 3 aliphatic rings. The monoisotopic (exact) mass is 198 g/mol. The van der Waals surface area contributed by atoms with Crippen molar-refractivity contribution >= 4 is 11.8 Å². The number of methoxy groups -OCH3 is 1. The molecule has 5 heteroatoms. The quantitative estimate of drug-likeness (QED) is 0.617. The molecule has 0 aromatic rings. The van der Waals surface area contributed by atoms with Crippen molar-refractivity contribution in [2.75, 3.05) is 13.7 Å². The molecule has 0 aromatic heterocycles. The van der Waals surface area contributed by atoms with Gasteiger partial charge in [-0.15, -0.1) is 0 Å². The Labute approximate surface area is 82.0 Å². The normalized spacial score (nSPS) is 38.1. The molecule has 3 saturated carbocycles. The van der Waals surface area contributed by atoms with Crippen molar-refractivity contribution in [3.05, 3.63) is 0 Å². The van der Waals surface area contributed by atoms with Crippen LogP contribution < -0.4 is 11.1 Å². The van der Waals surface area contributed by atoms with Gasteiger partial charge in [-0.2, -0.15) is 0 Å². The van der Waals surface area contributed by atoms with Gasteiger partial charge in [0.2, 0.25) is 11.8 Å². The van der Waals surface area contributed by atoms with Crippen LogP contribution in [0.4, 0.5) is 0 Å². The highest BCUT2D eigenvalue weighted by atomic mass is 16.5. The van der Waals surface area contributed by atoms with E-state index in [0.717, 1.165) is 0 Å². The lowest BCUT2D eigenvalue weighted by Gasteiger charge is -2.68. The largest absolute Gasteiger partial charge is 0.375 e. The number of hydrogen-bond donors (Lipinski definition) is 2. The summed E-state index contributed by atoms with van der Waals surface area (Å²) >= 11 is 0. The lowest BCUT2D eigenvalue weighted by molar-refractivity contribution is -0.181. The van der Waals surface area contributed by atoms with Gasteiger partial charge in [-0.25, -0.2) is 0 Å².